The molecule has 0 aromatic carbocycles. The Kier molecular flexibility index (Phi) is 4.98. The first-order valence-electron chi connectivity index (χ1n) is 8.44. The number of halogens is 1. The van der Waals surface area contributed by atoms with Crippen LogP contribution in [-0.2, 0) is 6.54 Å². The van der Waals surface area contributed by atoms with Crippen LogP contribution in [0.2, 0.25) is 0 Å². The van der Waals surface area contributed by atoms with Gasteiger partial charge in [-0.3, -0.25) is 9.79 Å². The van der Waals surface area contributed by atoms with Crippen LogP contribution >= 0.6 is 0 Å². The summed E-state index contributed by atoms with van der Waals surface area (Å²) >= 11 is 0. The highest BCUT2D eigenvalue weighted by Gasteiger charge is 2.32. The quantitative estimate of drug-likeness (QED) is 0.610. The average Bonchev–Trinajstić information content (AvgIpc) is 3.00. The molecule has 2 atom stereocenters. The number of fused-ring (bicyclic) bond motifs is 1. The molecule has 0 spiro atoms. The van der Waals surface area contributed by atoms with Crippen molar-refractivity contribution in [2.45, 2.75) is 44.3 Å². The van der Waals surface area contributed by atoms with Crippen LogP contribution < -0.4 is 22.1 Å². The van der Waals surface area contributed by atoms with Gasteiger partial charge in [0.2, 0.25) is 0 Å². The molecule has 1 aliphatic heterocycles. The highest BCUT2D eigenvalue weighted by Crippen LogP contribution is 2.31. The van der Waals surface area contributed by atoms with Gasteiger partial charge in [0, 0.05) is 49.2 Å². The van der Waals surface area contributed by atoms with Gasteiger partial charge in [0.05, 0.1) is 11.3 Å². The summed E-state index contributed by atoms with van der Waals surface area (Å²) in [6.45, 7) is 0.127. The lowest BCUT2D eigenvalue weighted by atomic mass is 9.91. The fourth-order valence-corrected chi connectivity index (χ4v) is 3.42. The Morgan fingerprint density at radius 2 is 2.20 bits per heavy atom. The van der Waals surface area contributed by atoms with E-state index in [-0.39, 0.29) is 35.9 Å². The molecule has 1 amide bonds. The first-order valence-corrected chi connectivity index (χ1v) is 8.44. The molecule has 1 saturated carbocycles. The first-order chi connectivity index (χ1) is 12.1. The van der Waals surface area contributed by atoms with Crippen LogP contribution in [0.5, 0.6) is 0 Å². The van der Waals surface area contributed by atoms with Gasteiger partial charge in [-0.25, -0.2) is 9.37 Å². The standard InChI is InChI=1S/C17H23FN6O/c1-21-7-9(6-19)15-13-10(8-22-17(13)25)14(18)16(24-15)23-12-5-3-2-4-11(12)20/h6-7,11-12H,2-5,8,19-20H2,1H3,(H,22,25)(H,23,24)/t11-,12+/m0/s1. The first kappa shape index (κ1) is 17.3. The fraction of sp³-hybridized carbons (Fsp3) is 0.471. The summed E-state index contributed by atoms with van der Waals surface area (Å²) in [7, 11) is 1.59. The number of carbonyl (C=O) groups is 1. The maximum absolute atomic E-state index is 14.9. The molecule has 0 saturated heterocycles. The molecule has 1 aromatic heterocycles. The normalized spacial score (nSPS) is 23.6. The lowest BCUT2D eigenvalue weighted by molar-refractivity contribution is 0.0965. The lowest BCUT2D eigenvalue weighted by Gasteiger charge is -2.30. The van der Waals surface area contributed by atoms with E-state index in [0.717, 1.165) is 25.7 Å². The van der Waals surface area contributed by atoms with E-state index in [1.807, 2.05) is 0 Å². The molecule has 0 bridgehead atoms. The molecule has 2 aliphatic rings. The molecule has 1 aliphatic carbocycles. The van der Waals surface area contributed by atoms with Crippen molar-refractivity contribution in [3.8, 4) is 0 Å². The van der Waals surface area contributed by atoms with Crippen LogP contribution in [0.1, 0.15) is 47.3 Å². The summed E-state index contributed by atoms with van der Waals surface area (Å²) in [4.78, 5) is 20.5. The second-order valence-corrected chi connectivity index (χ2v) is 6.37. The number of amides is 1. The van der Waals surface area contributed by atoms with Gasteiger partial charge in [0.25, 0.3) is 5.91 Å². The summed E-state index contributed by atoms with van der Waals surface area (Å²) < 4.78 is 14.9. The fourth-order valence-electron chi connectivity index (χ4n) is 3.42. The molecule has 8 heteroatoms. The SMILES string of the molecule is CN=CC(=CN)c1nc(N[C@@H]2CCCC[C@@H]2N)c(F)c2c1C(=O)NC2. The largest absolute Gasteiger partial charge is 0.404 e. The lowest BCUT2D eigenvalue weighted by Crippen LogP contribution is -2.43. The molecular weight excluding hydrogens is 323 g/mol. The number of aliphatic imine (C=N–C) groups is 1. The molecule has 6 N–H and O–H groups in total. The van der Waals surface area contributed by atoms with Gasteiger partial charge >= 0.3 is 0 Å². The van der Waals surface area contributed by atoms with Gasteiger partial charge in [0.1, 0.15) is 0 Å². The molecule has 1 aromatic rings. The second kappa shape index (κ2) is 7.18. The predicted octanol–water partition coefficient (Wildman–Crippen LogP) is 1.15. The van der Waals surface area contributed by atoms with Crippen LogP contribution in [-0.4, -0.2) is 36.2 Å². The van der Waals surface area contributed by atoms with Crippen molar-refractivity contribution in [2.24, 2.45) is 16.5 Å². The zero-order valence-corrected chi connectivity index (χ0v) is 14.2. The van der Waals surface area contributed by atoms with E-state index in [0.29, 0.717) is 16.8 Å². The van der Waals surface area contributed by atoms with Crippen LogP contribution in [0.3, 0.4) is 0 Å². The van der Waals surface area contributed by atoms with E-state index in [9.17, 15) is 9.18 Å². The van der Waals surface area contributed by atoms with E-state index in [1.165, 1.54) is 12.4 Å². The minimum absolute atomic E-state index is 0.0446. The van der Waals surface area contributed by atoms with Gasteiger partial charge in [-0.05, 0) is 12.8 Å². The Balaban J connectivity index is 2.06. The topological polar surface area (TPSA) is 118 Å². The number of hydrogen-bond donors (Lipinski definition) is 4. The number of allylic oxidation sites excluding steroid dienone is 1. The molecule has 7 nitrogen and oxygen atoms in total. The van der Waals surface area contributed by atoms with E-state index in [2.05, 4.69) is 20.6 Å². The monoisotopic (exact) mass is 346 g/mol. The Labute approximate surface area is 145 Å². The maximum Gasteiger partial charge on any atom is 0.254 e. The Morgan fingerprint density at radius 3 is 2.88 bits per heavy atom. The summed E-state index contributed by atoms with van der Waals surface area (Å²) in [5.41, 5.74) is 13.1. The third-order valence-corrected chi connectivity index (χ3v) is 4.75. The number of hydrogen-bond acceptors (Lipinski definition) is 6. The third kappa shape index (κ3) is 3.21. The maximum atomic E-state index is 14.9. The summed E-state index contributed by atoms with van der Waals surface area (Å²) in [6.07, 6.45) is 6.70. The van der Waals surface area contributed by atoms with Gasteiger partial charge in [-0.2, -0.15) is 0 Å². The number of pyridine rings is 1. The third-order valence-electron chi connectivity index (χ3n) is 4.75. The van der Waals surface area contributed by atoms with E-state index in [1.54, 1.807) is 7.05 Å². The molecule has 2 heterocycles. The number of aromatic nitrogens is 1. The molecular formula is C17H23FN6O. The number of nitrogens with one attached hydrogen (secondary N) is 2. The summed E-state index contributed by atoms with van der Waals surface area (Å²) in [5, 5.41) is 5.79. The van der Waals surface area contributed by atoms with Crippen LogP contribution in [0.25, 0.3) is 5.57 Å². The Hall–Kier alpha value is -2.48. The molecule has 134 valence electrons. The summed E-state index contributed by atoms with van der Waals surface area (Å²) in [6, 6.07) is -0.0926. The number of anilines is 1. The van der Waals surface area contributed by atoms with Gasteiger partial charge in [0.15, 0.2) is 11.6 Å². The Morgan fingerprint density at radius 1 is 1.44 bits per heavy atom. The Bertz CT molecular complexity index is 745. The highest BCUT2D eigenvalue weighted by atomic mass is 19.1. The van der Waals surface area contributed by atoms with Gasteiger partial charge in [-0.15, -0.1) is 0 Å². The molecule has 0 radical (unpaired) electrons. The van der Waals surface area contributed by atoms with Gasteiger partial charge in [-0.1, -0.05) is 12.8 Å². The van der Waals surface area contributed by atoms with Crippen LogP contribution in [0.4, 0.5) is 10.2 Å². The number of carbonyl (C=O) groups excluding carboxylic acids is 1. The highest BCUT2D eigenvalue weighted by molar-refractivity contribution is 6.14. The zero-order chi connectivity index (χ0) is 18.0. The molecule has 25 heavy (non-hydrogen) atoms. The molecule has 0 unspecified atom stereocenters. The van der Waals surface area contributed by atoms with Crippen LogP contribution in [0, 0.1) is 5.82 Å². The number of nitrogens with two attached hydrogens (primary N) is 2. The summed E-state index contributed by atoms with van der Waals surface area (Å²) in [5.74, 6) is -0.766. The molecule has 3 rings (SSSR count). The van der Waals surface area contributed by atoms with Crippen molar-refractivity contribution in [3.05, 3.63) is 28.8 Å². The molecule has 1 fully saturated rings. The van der Waals surface area contributed by atoms with E-state index >= 15 is 0 Å². The number of nitrogens with zero attached hydrogens (tertiary/aromatic N) is 2. The smallest absolute Gasteiger partial charge is 0.254 e. The van der Waals surface area contributed by atoms with Crippen molar-refractivity contribution in [1.29, 1.82) is 0 Å². The minimum atomic E-state index is -0.514. The van der Waals surface area contributed by atoms with Gasteiger partial charge < -0.3 is 22.1 Å². The van der Waals surface area contributed by atoms with E-state index in [4.69, 9.17) is 11.5 Å². The van der Waals surface area contributed by atoms with Crippen molar-refractivity contribution in [2.75, 3.05) is 12.4 Å². The minimum Gasteiger partial charge on any atom is -0.404 e. The van der Waals surface area contributed by atoms with Crippen molar-refractivity contribution in [1.82, 2.24) is 10.3 Å². The zero-order valence-electron chi connectivity index (χ0n) is 14.2. The van der Waals surface area contributed by atoms with Crippen molar-refractivity contribution >= 4 is 23.5 Å². The number of rotatable bonds is 4. The predicted molar refractivity (Wildman–Crippen MR) is 95.8 cm³/mol. The second-order valence-electron chi connectivity index (χ2n) is 6.37. The van der Waals surface area contributed by atoms with Crippen molar-refractivity contribution in [3.63, 3.8) is 0 Å². The average molecular weight is 346 g/mol. The van der Waals surface area contributed by atoms with Crippen LogP contribution in [0.15, 0.2) is 11.2 Å². The van der Waals surface area contributed by atoms with Crippen molar-refractivity contribution < 1.29 is 9.18 Å². The van der Waals surface area contributed by atoms with E-state index < -0.39 is 5.82 Å².